The van der Waals surface area contributed by atoms with Crippen LogP contribution in [0.5, 0.6) is 0 Å². The molecule has 0 saturated heterocycles. The maximum absolute atomic E-state index is 12.8. The second kappa shape index (κ2) is 37.6. The molecule has 0 aliphatic carbocycles. The lowest BCUT2D eigenvalue weighted by Gasteiger charge is -2.26. The van der Waals surface area contributed by atoms with E-state index in [1.807, 2.05) is 21.1 Å². The average molecular weight is 786 g/mol. The number of phosphoric ester groups is 1. The maximum atomic E-state index is 12.8. The highest BCUT2D eigenvalue weighted by molar-refractivity contribution is 7.47. The molecular formula is C45H90N2O6P+. The van der Waals surface area contributed by atoms with E-state index in [0.717, 1.165) is 57.8 Å². The number of aliphatic hydroxyl groups excluding tert-OH is 1. The second-order valence-corrected chi connectivity index (χ2v) is 18.2. The molecule has 0 heterocycles. The summed E-state index contributed by atoms with van der Waals surface area (Å²) in [7, 11) is 1.61. The first-order valence-electron chi connectivity index (χ1n) is 22.7. The van der Waals surface area contributed by atoms with E-state index < -0.39 is 20.0 Å². The van der Waals surface area contributed by atoms with Gasteiger partial charge in [-0.1, -0.05) is 179 Å². The molecule has 0 rings (SSSR count). The van der Waals surface area contributed by atoms with Gasteiger partial charge in [-0.25, -0.2) is 4.57 Å². The molecule has 0 aliphatic heterocycles. The molecule has 8 nitrogen and oxygen atoms in total. The number of rotatable bonds is 41. The Morgan fingerprint density at radius 1 is 0.630 bits per heavy atom. The summed E-state index contributed by atoms with van der Waals surface area (Å²) in [4.78, 5) is 22.9. The normalized spacial score (nSPS) is 14.6. The number of aliphatic hydroxyl groups is 1. The molecular weight excluding hydrogens is 695 g/mol. The zero-order valence-corrected chi connectivity index (χ0v) is 37.1. The topological polar surface area (TPSA) is 105 Å². The van der Waals surface area contributed by atoms with E-state index in [2.05, 4.69) is 43.5 Å². The standard InChI is InChI=1S/C45H89N2O6P/c1-6-8-10-12-13-14-15-16-17-18-19-20-21-22-23-24-25-26-27-28-29-30-31-32-33-35-37-39-45(49)46-43(44(48)38-36-34-11-9-7-2)42-53-54(50,51)52-41-40-47(3,4)5/h15-16,18-19,43-44,48H,6-14,17,20-42H2,1-5H3,(H-,46,49,50,51)/p+1/b16-15-,19-18-. The Kier molecular flexibility index (Phi) is 36.8. The number of unbranched alkanes of at least 4 members (excludes halogenated alkanes) is 24. The molecule has 0 aromatic carbocycles. The molecule has 0 saturated carbocycles. The minimum atomic E-state index is -4.29. The number of quaternary nitrogens is 1. The number of nitrogens with zero attached hydrogens (tertiary/aromatic N) is 1. The number of phosphoric acid groups is 1. The van der Waals surface area contributed by atoms with E-state index in [0.29, 0.717) is 23.9 Å². The molecule has 0 bridgehead atoms. The zero-order chi connectivity index (χ0) is 40.0. The van der Waals surface area contributed by atoms with Crippen molar-refractivity contribution in [2.45, 2.75) is 219 Å². The van der Waals surface area contributed by atoms with Gasteiger partial charge in [0.25, 0.3) is 0 Å². The van der Waals surface area contributed by atoms with Crippen molar-refractivity contribution >= 4 is 13.7 Å². The average Bonchev–Trinajstić information content (AvgIpc) is 3.12. The molecule has 0 radical (unpaired) electrons. The van der Waals surface area contributed by atoms with Crippen LogP contribution in [0.1, 0.15) is 206 Å². The van der Waals surface area contributed by atoms with Crippen LogP contribution in [0.15, 0.2) is 24.3 Å². The van der Waals surface area contributed by atoms with Crippen LogP contribution in [-0.4, -0.2) is 73.4 Å². The van der Waals surface area contributed by atoms with Gasteiger partial charge < -0.3 is 19.8 Å². The monoisotopic (exact) mass is 786 g/mol. The number of hydrogen-bond donors (Lipinski definition) is 3. The third kappa shape index (κ3) is 39.2. The smallest absolute Gasteiger partial charge is 0.391 e. The fourth-order valence-corrected chi connectivity index (χ4v) is 7.28. The predicted molar refractivity (Wildman–Crippen MR) is 231 cm³/mol. The van der Waals surface area contributed by atoms with E-state index in [9.17, 15) is 19.4 Å². The predicted octanol–water partition coefficient (Wildman–Crippen LogP) is 12.5. The van der Waals surface area contributed by atoms with Crippen LogP contribution < -0.4 is 5.32 Å². The van der Waals surface area contributed by atoms with E-state index in [-0.39, 0.29) is 19.1 Å². The van der Waals surface area contributed by atoms with Crippen LogP contribution in [0.3, 0.4) is 0 Å². The molecule has 3 unspecified atom stereocenters. The first-order chi connectivity index (χ1) is 26.0. The minimum absolute atomic E-state index is 0.0747. The number of carbonyl (C=O) groups excluding carboxylic acids is 1. The number of carbonyl (C=O) groups is 1. The van der Waals surface area contributed by atoms with Gasteiger partial charge in [0.05, 0.1) is 39.9 Å². The van der Waals surface area contributed by atoms with Crippen molar-refractivity contribution in [3.8, 4) is 0 Å². The van der Waals surface area contributed by atoms with E-state index >= 15 is 0 Å². The minimum Gasteiger partial charge on any atom is -0.391 e. The highest BCUT2D eigenvalue weighted by atomic mass is 31.2. The summed E-state index contributed by atoms with van der Waals surface area (Å²) in [6.07, 6.45) is 44.0. The molecule has 0 aromatic heterocycles. The quantitative estimate of drug-likeness (QED) is 0.0247. The number of amides is 1. The SMILES string of the molecule is CCCCCCC/C=C\C/C=C\CCCCCCCCCCCCCCCCCC(=O)NC(COP(=O)(O)OCC[N+](C)(C)C)C(O)CCCCCCC. The van der Waals surface area contributed by atoms with Gasteiger partial charge in [-0.2, -0.15) is 0 Å². The van der Waals surface area contributed by atoms with E-state index in [1.165, 1.54) is 122 Å². The van der Waals surface area contributed by atoms with Gasteiger partial charge in [0.1, 0.15) is 13.2 Å². The van der Waals surface area contributed by atoms with Gasteiger partial charge in [0.2, 0.25) is 5.91 Å². The Bertz CT molecular complexity index is 938. The van der Waals surface area contributed by atoms with Crippen LogP contribution >= 0.6 is 7.82 Å². The van der Waals surface area contributed by atoms with Crippen LogP contribution in [0.4, 0.5) is 0 Å². The molecule has 3 atom stereocenters. The maximum Gasteiger partial charge on any atom is 0.472 e. The second-order valence-electron chi connectivity index (χ2n) is 16.8. The summed E-state index contributed by atoms with van der Waals surface area (Å²) in [5.74, 6) is -0.151. The van der Waals surface area contributed by atoms with Crippen LogP contribution in [0, 0.1) is 0 Å². The molecule has 54 heavy (non-hydrogen) atoms. The van der Waals surface area contributed by atoms with Gasteiger partial charge in [0, 0.05) is 6.42 Å². The highest BCUT2D eigenvalue weighted by Crippen LogP contribution is 2.43. The summed E-state index contributed by atoms with van der Waals surface area (Å²) >= 11 is 0. The van der Waals surface area contributed by atoms with Gasteiger partial charge in [-0.15, -0.1) is 0 Å². The van der Waals surface area contributed by atoms with Crippen LogP contribution in [0.2, 0.25) is 0 Å². The Morgan fingerprint density at radius 3 is 1.52 bits per heavy atom. The van der Waals surface area contributed by atoms with Gasteiger partial charge in [-0.05, 0) is 44.9 Å². The van der Waals surface area contributed by atoms with Crippen molar-refractivity contribution in [2.24, 2.45) is 0 Å². The molecule has 3 N–H and O–H groups in total. The van der Waals surface area contributed by atoms with Crippen molar-refractivity contribution in [3.05, 3.63) is 24.3 Å². The third-order valence-corrected chi connectivity index (χ3v) is 11.2. The van der Waals surface area contributed by atoms with Crippen LogP contribution in [0.25, 0.3) is 0 Å². The number of allylic oxidation sites excluding steroid dienone is 4. The molecule has 1 amide bonds. The van der Waals surface area contributed by atoms with Gasteiger partial charge in [-0.3, -0.25) is 13.8 Å². The van der Waals surface area contributed by atoms with Gasteiger partial charge in [0.15, 0.2) is 0 Å². The Morgan fingerprint density at radius 2 is 1.06 bits per heavy atom. The van der Waals surface area contributed by atoms with Crippen molar-refractivity contribution < 1.29 is 32.9 Å². The van der Waals surface area contributed by atoms with Crippen molar-refractivity contribution in [1.82, 2.24) is 5.32 Å². The summed E-state index contributed by atoms with van der Waals surface area (Å²) in [6.45, 7) is 4.79. The lowest BCUT2D eigenvalue weighted by molar-refractivity contribution is -0.870. The highest BCUT2D eigenvalue weighted by Gasteiger charge is 2.28. The van der Waals surface area contributed by atoms with Crippen molar-refractivity contribution in [2.75, 3.05) is 40.9 Å². The van der Waals surface area contributed by atoms with Crippen molar-refractivity contribution in [1.29, 1.82) is 0 Å². The van der Waals surface area contributed by atoms with Crippen LogP contribution in [-0.2, 0) is 18.4 Å². The molecule has 0 fully saturated rings. The first kappa shape index (κ1) is 53.0. The molecule has 0 aromatic rings. The fourth-order valence-electron chi connectivity index (χ4n) is 6.55. The van der Waals surface area contributed by atoms with Crippen molar-refractivity contribution in [3.63, 3.8) is 0 Å². The van der Waals surface area contributed by atoms with E-state index in [4.69, 9.17) is 9.05 Å². The summed E-state index contributed by atoms with van der Waals surface area (Å²) in [5, 5.41) is 13.7. The zero-order valence-electron chi connectivity index (χ0n) is 36.2. The third-order valence-electron chi connectivity index (χ3n) is 10.2. The Labute approximate surface area is 334 Å². The number of likely N-dealkylation sites (N-methyl/N-ethyl adjacent to an activating group) is 1. The largest absolute Gasteiger partial charge is 0.472 e. The number of hydrogen-bond acceptors (Lipinski definition) is 5. The lowest BCUT2D eigenvalue weighted by atomic mass is 10.0. The summed E-state index contributed by atoms with van der Waals surface area (Å²) in [6, 6.07) is -0.754. The molecule has 0 spiro atoms. The summed E-state index contributed by atoms with van der Waals surface area (Å²) < 4.78 is 23.4. The first-order valence-corrected chi connectivity index (χ1v) is 24.2. The summed E-state index contributed by atoms with van der Waals surface area (Å²) in [5.41, 5.74) is 0. The Balaban J connectivity index is 3.92. The lowest BCUT2D eigenvalue weighted by Crippen LogP contribution is -2.46. The van der Waals surface area contributed by atoms with Gasteiger partial charge >= 0.3 is 7.82 Å². The molecule has 0 aliphatic rings. The Hall–Kier alpha value is -1.02. The van der Waals surface area contributed by atoms with E-state index in [1.54, 1.807) is 0 Å². The fraction of sp³-hybridized carbons (Fsp3) is 0.889. The number of nitrogens with one attached hydrogen (secondary N) is 1. The molecule has 9 heteroatoms. The molecule has 320 valence electrons.